The Bertz CT molecular complexity index is 693. The van der Waals surface area contributed by atoms with Crippen molar-refractivity contribution in [3.05, 3.63) is 29.8 Å². The average Bonchev–Trinajstić information content (AvgIpc) is 2.54. The van der Waals surface area contributed by atoms with Gasteiger partial charge in [-0.2, -0.15) is 5.26 Å². The first kappa shape index (κ1) is 16.5. The van der Waals surface area contributed by atoms with E-state index in [4.69, 9.17) is 9.47 Å². The molecule has 0 fully saturated rings. The van der Waals surface area contributed by atoms with Gasteiger partial charge in [-0.1, -0.05) is 18.2 Å². The van der Waals surface area contributed by atoms with Gasteiger partial charge in [-0.05, 0) is 19.9 Å². The van der Waals surface area contributed by atoms with Crippen LogP contribution in [0.4, 0.5) is 9.59 Å². The first-order valence-electron chi connectivity index (χ1n) is 7.12. The van der Waals surface area contributed by atoms with Gasteiger partial charge in [-0.15, -0.1) is 0 Å². The van der Waals surface area contributed by atoms with Crippen LogP contribution in [0.15, 0.2) is 29.3 Å². The van der Waals surface area contributed by atoms with Crippen LogP contribution >= 0.6 is 0 Å². The van der Waals surface area contributed by atoms with Crippen LogP contribution in [0.2, 0.25) is 0 Å². The van der Waals surface area contributed by atoms with E-state index < -0.39 is 24.1 Å². The molecule has 2 atom stereocenters. The number of imide groups is 1. The number of benzene rings is 1. The van der Waals surface area contributed by atoms with Gasteiger partial charge in [0.2, 0.25) is 0 Å². The molecule has 1 aromatic rings. The maximum absolute atomic E-state index is 12.3. The zero-order valence-corrected chi connectivity index (χ0v) is 13.1. The fourth-order valence-electron chi connectivity index (χ4n) is 2.55. The summed E-state index contributed by atoms with van der Waals surface area (Å²) >= 11 is 0. The third-order valence-corrected chi connectivity index (χ3v) is 3.58. The van der Waals surface area contributed by atoms with Crippen LogP contribution in [0.25, 0.3) is 0 Å². The summed E-state index contributed by atoms with van der Waals surface area (Å²) in [5, 5.41) is 9.51. The molecule has 0 bridgehead atoms. The third-order valence-electron chi connectivity index (χ3n) is 3.58. The second-order valence-corrected chi connectivity index (χ2v) is 4.90. The molecule has 0 radical (unpaired) electrons. The van der Waals surface area contributed by atoms with E-state index in [0.29, 0.717) is 17.0 Å². The normalized spacial score (nSPS) is 20.5. The van der Waals surface area contributed by atoms with E-state index in [1.54, 1.807) is 38.1 Å². The Labute approximate surface area is 134 Å². The Morgan fingerprint density at radius 2 is 2.13 bits per heavy atom. The van der Waals surface area contributed by atoms with E-state index in [-0.39, 0.29) is 6.61 Å². The number of aliphatic imine (C=N–C) groups is 1. The molecule has 0 saturated heterocycles. The standard InChI is InChI=1S/C16H17N3O4/c1-4-23-16(21)19-14(11-7-5-6-8-13(11)22-3)12(9-17)10(2)18-15(19)20/h5-8,12,14H,4H2,1-3H3. The number of carbonyl (C=O) groups excluding carboxylic acids is 2. The minimum atomic E-state index is -0.847. The topological polar surface area (TPSA) is 92.0 Å². The van der Waals surface area contributed by atoms with Crippen molar-refractivity contribution < 1.29 is 19.1 Å². The number of urea groups is 1. The van der Waals surface area contributed by atoms with Crippen LogP contribution in [-0.2, 0) is 4.74 Å². The summed E-state index contributed by atoms with van der Waals surface area (Å²) in [6.07, 6.45) is -0.829. The first-order chi connectivity index (χ1) is 11.0. The summed E-state index contributed by atoms with van der Waals surface area (Å²) in [6.45, 7) is 3.35. The Hall–Kier alpha value is -2.88. The van der Waals surface area contributed by atoms with Gasteiger partial charge in [-0.3, -0.25) is 0 Å². The molecule has 7 nitrogen and oxygen atoms in total. The number of amides is 3. The Morgan fingerprint density at radius 3 is 2.74 bits per heavy atom. The van der Waals surface area contributed by atoms with E-state index in [1.807, 2.05) is 0 Å². The molecule has 0 saturated carbocycles. The SMILES string of the molecule is CCOC(=O)N1C(=O)N=C(C)C(C#N)C1c1ccccc1OC. The van der Waals surface area contributed by atoms with Crippen molar-refractivity contribution in [2.45, 2.75) is 19.9 Å². The molecular formula is C16H17N3O4. The fraction of sp³-hybridized carbons (Fsp3) is 0.375. The van der Waals surface area contributed by atoms with Gasteiger partial charge < -0.3 is 9.47 Å². The van der Waals surface area contributed by atoms with Crippen molar-refractivity contribution in [2.75, 3.05) is 13.7 Å². The fourth-order valence-corrected chi connectivity index (χ4v) is 2.55. The number of methoxy groups -OCH3 is 1. The van der Waals surface area contributed by atoms with Crippen LogP contribution < -0.4 is 4.74 Å². The summed E-state index contributed by atoms with van der Waals surface area (Å²) in [5.74, 6) is -0.289. The van der Waals surface area contributed by atoms with E-state index in [1.165, 1.54) is 7.11 Å². The molecule has 2 unspecified atom stereocenters. The lowest BCUT2D eigenvalue weighted by Gasteiger charge is -2.35. The van der Waals surface area contributed by atoms with Crippen molar-refractivity contribution >= 4 is 17.8 Å². The average molecular weight is 315 g/mol. The van der Waals surface area contributed by atoms with Crippen molar-refractivity contribution in [3.8, 4) is 11.8 Å². The van der Waals surface area contributed by atoms with Crippen molar-refractivity contribution in [1.29, 1.82) is 5.26 Å². The van der Waals surface area contributed by atoms with Crippen LogP contribution in [-0.4, -0.2) is 36.5 Å². The van der Waals surface area contributed by atoms with E-state index in [2.05, 4.69) is 11.1 Å². The molecule has 120 valence electrons. The highest BCUT2D eigenvalue weighted by atomic mass is 16.6. The second kappa shape index (κ2) is 6.92. The number of carbonyl (C=O) groups is 2. The van der Waals surface area contributed by atoms with Gasteiger partial charge in [0.05, 0.1) is 25.8 Å². The third kappa shape index (κ3) is 3.01. The quantitative estimate of drug-likeness (QED) is 0.855. The Morgan fingerprint density at radius 1 is 1.43 bits per heavy atom. The van der Waals surface area contributed by atoms with Gasteiger partial charge in [-0.25, -0.2) is 19.5 Å². The molecule has 0 aliphatic carbocycles. The van der Waals surface area contributed by atoms with E-state index in [0.717, 1.165) is 4.90 Å². The summed E-state index contributed by atoms with van der Waals surface area (Å²) in [4.78, 5) is 29.1. The summed E-state index contributed by atoms with van der Waals surface area (Å²) in [6, 6.07) is 7.46. The second-order valence-electron chi connectivity index (χ2n) is 4.90. The summed E-state index contributed by atoms with van der Waals surface area (Å²) < 4.78 is 10.3. The highest BCUT2D eigenvalue weighted by Gasteiger charge is 2.43. The predicted molar refractivity (Wildman–Crippen MR) is 82.2 cm³/mol. The van der Waals surface area contributed by atoms with E-state index >= 15 is 0 Å². The first-order valence-corrected chi connectivity index (χ1v) is 7.12. The van der Waals surface area contributed by atoms with Gasteiger partial charge >= 0.3 is 12.1 Å². The highest BCUT2D eigenvalue weighted by molar-refractivity contribution is 6.04. The summed E-state index contributed by atoms with van der Waals surface area (Å²) in [7, 11) is 1.49. The number of nitriles is 1. The lowest BCUT2D eigenvalue weighted by molar-refractivity contribution is 0.0977. The van der Waals surface area contributed by atoms with Crippen molar-refractivity contribution in [2.24, 2.45) is 10.9 Å². The zero-order valence-electron chi connectivity index (χ0n) is 13.1. The molecular weight excluding hydrogens is 298 g/mol. The Balaban J connectivity index is 2.61. The zero-order chi connectivity index (χ0) is 17.0. The molecule has 1 aromatic carbocycles. The molecule has 0 aromatic heterocycles. The number of hydrogen-bond acceptors (Lipinski definition) is 5. The molecule has 0 N–H and O–H groups in total. The lowest BCUT2D eigenvalue weighted by atomic mass is 9.87. The number of ether oxygens (including phenoxy) is 2. The van der Waals surface area contributed by atoms with Crippen LogP contribution in [0.1, 0.15) is 25.5 Å². The van der Waals surface area contributed by atoms with Crippen molar-refractivity contribution in [3.63, 3.8) is 0 Å². The monoisotopic (exact) mass is 315 g/mol. The number of rotatable bonds is 3. The number of hydrogen-bond donors (Lipinski definition) is 0. The smallest absolute Gasteiger partial charge is 0.418 e. The maximum Gasteiger partial charge on any atom is 0.418 e. The number of nitrogens with zero attached hydrogens (tertiary/aromatic N) is 3. The van der Waals surface area contributed by atoms with Crippen LogP contribution in [0.5, 0.6) is 5.75 Å². The Kier molecular flexibility index (Phi) is 4.96. The molecule has 0 spiro atoms. The largest absolute Gasteiger partial charge is 0.496 e. The number of para-hydroxylation sites is 1. The minimum absolute atomic E-state index is 0.112. The highest BCUT2D eigenvalue weighted by Crippen LogP contribution is 2.38. The van der Waals surface area contributed by atoms with Crippen molar-refractivity contribution in [1.82, 2.24) is 4.90 Å². The van der Waals surface area contributed by atoms with Crippen LogP contribution in [0.3, 0.4) is 0 Å². The van der Waals surface area contributed by atoms with Crippen LogP contribution in [0, 0.1) is 17.2 Å². The molecule has 1 aliphatic rings. The minimum Gasteiger partial charge on any atom is -0.496 e. The predicted octanol–water partition coefficient (Wildman–Crippen LogP) is 2.93. The lowest BCUT2D eigenvalue weighted by Crippen LogP contribution is -2.47. The molecule has 1 aliphatic heterocycles. The molecule has 2 rings (SSSR count). The van der Waals surface area contributed by atoms with Gasteiger partial charge in [0.1, 0.15) is 11.7 Å². The summed E-state index contributed by atoms with van der Waals surface area (Å²) in [5.41, 5.74) is 0.908. The van der Waals surface area contributed by atoms with Gasteiger partial charge in [0.25, 0.3) is 0 Å². The molecule has 3 amide bonds. The molecule has 7 heteroatoms. The van der Waals surface area contributed by atoms with Gasteiger partial charge in [0.15, 0.2) is 0 Å². The molecule has 23 heavy (non-hydrogen) atoms. The molecule has 1 heterocycles. The van der Waals surface area contributed by atoms with Gasteiger partial charge in [0, 0.05) is 11.3 Å². The maximum atomic E-state index is 12.3. The van der Waals surface area contributed by atoms with E-state index in [9.17, 15) is 14.9 Å².